The van der Waals surface area contributed by atoms with E-state index in [0.717, 1.165) is 31.2 Å². The zero-order valence-electron chi connectivity index (χ0n) is 7.06. The van der Waals surface area contributed by atoms with Gasteiger partial charge in [-0.3, -0.25) is 10.4 Å². The second-order valence-electron chi connectivity index (χ2n) is 3.21. The molecular weight excluding hydrogens is 168 g/mol. The standard InChI is InChI=1S/C7H10N6/c1-2-9-7-5(8-1)3-6-11-10-4-13(6)12-7/h4-5,8H,1-3H2,(H,9,12). The Balaban J connectivity index is 1.99. The van der Waals surface area contributed by atoms with Crippen LogP contribution in [0, 0.1) is 0 Å². The Hall–Kier alpha value is -1.43. The molecule has 2 aliphatic heterocycles. The summed E-state index contributed by atoms with van der Waals surface area (Å²) in [7, 11) is 0. The minimum Gasteiger partial charge on any atom is -0.305 e. The Morgan fingerprint density at radius 2 is 2.54 bits per heavy atom. The summed E-state index contributed by atoms with van der Waals surface area (Å²) in [5.41, 5.74) is 3.16. The van der Waals surface area contributed by atoms with Crippen LogP contribution in [0.1, 0.15) is 5.82 Å². The van der Waals surface area contributed by atoms with Crippen molar-refractivity contribution in [3.63, 3.8) is 0 Å². The van der Waals surface area contributed by atoms with Crippen molar-refractivity contribution >= 4 is 5.84 Å². The van der Waals surface area contributed by atoms with E-state index in [-0.39, 0.29) is 0 Å². The average Bonchev–Trinajstić information content (AvgIpc) is 2.61. The Morgan fingerprint density at radius 3 is 3.54 bits per heavy atom. The molecule has 68 valence electrons. The summed E-state index contributed by atoms with van der Waals surface area (Å²) >= 11 is 0. The van der Waals surface area contributed by atoms with Crippen molar-refractivity contribution in [2.45, 2.75) is 12.5 Å². The quantitative estimate of drug-likeness (QED) is 0.521. The highest BCUT2D eigenvalue weighted by atomic mass is 15.5. The maximum absolute atomic E-state index is 4.40. The van der Waals surface area contributed by atoms with Gasteiger partial charge in [-0.1, -0.05) is 0 Å². The van der Waals surface area contributed by atoms with Crippen molar-refractivity contribution in [1.82, 2.24) is 20.2 Å². The monoisotopic (exact) mass is 178 g/mol. The van der Waals surface area contributed by atoms with Crippen LogP contribution in [-0.2, 0) is 6.42 Å². The minimum absolute atomic E-state index is 0.297. The number of rotatable bonds is 0. The predicted molar refractivity (Wildman–Crippen MR) is 47.2 cm³/mol. The lowest BCUT2D eigenvalue weighted by atomic mass is 10.1. The van der Waals surface area contributed by atoms with E-state index >= 15 is 0 Å². The summed E-state index contributed by atoms with van der Waals surface area (Å²) in [5.74, 6) is 1.96. The Bertz CT molecular complexity index is 354. The van der Waals surface area contributed by atoms with E-state index in [0.29, 0.717) is 6.04 Å². The number of aromatic nitrogens is 3. The number of amidine groups is 1. The Morgan fingerprint density at radius 1 is 1.54 bits per heavy atom. The summed E-state index contributed by atoms with van der Waals surface area (Å²) in [4.78, 5) is 4.40. The molecule has 0 bridgehead atoms. The van der Waals surface area contributed by atoms with Crippen LogP contribution in [0.25, 0.3) is 0 Å². The third-order valence-corrected chi connectivity index (χ3v) is 2.35. The highest BCUT2D eigenvalue weighted by Gasteiger charge is 2.26. The second-order valence-corrected chi connectivity index (χ2v) is 3.21. The summed E-state index contributed by atoms with van der Waals surface area (Å²) in [5, 5.41) is 11.2. The molecule has 0 amide bonds. The first-order valence-electron chi connectivity index (χ1n) is 4.37. The zero-order valence-corrected chi connectivity index (χ0v) is 7.06. The molecule has 0 radical (unpaired) electrons. The molecule has 6 heteroatoms. The van der Waals surface area contributed by atoms with Gasteiger partial charge >= 0.3 is 0 Å². The lowest BCUT2D eigenvalue weighted by molar-refractivity contribution is 0.550. The van der Waals surface area contributed by atoms with E-state index in [1.807, 2.05) is 4.68 Å². The number of fused-ring (bicyclic) bond motifs is 2. The summed E-state index contributed by atoms with van der Waals surface area (Å²) in [6.45, 7) is 1.79. The molecule has 2 aliphatic rings. The SMILES string of the molecule is c1nnc2n1NC1=NCCNC1C2. The summed E-state index contributed by atoms with van der Waals surface area (Å²) in [6.07, 6.45) is 2.54. The maximum atomic E-state index is 4.40. The van der Waals surface area contributed by atoms with Crippen LogP contribution >= 0.6 is 0 Å². The molecule has 0 saturated heterocycles. The van der Waals surface area contributed by atoms with Crippen molar-refractivity contribution in [1.29, 1.82) is 0 Å². The molecule has 1 unspecified atom stereocenters. The van der Waals surface area contributed by atoms with Crippen LogP contribution in [0.3, 0.4) is 0 Å². The molecule has 0 spiro atoms. The molecule has 13 heavy (non-hydrogen) atoms. The van der Waals surface area contributed by atoms with Crippen LogP contribution < -0.4 is 10.7 Å². The fraction of sp³-hybridized carbons (Fsp3) is 0.571. The maximum Gasteiger partial charge on any atom is 0.154 e. The van der Waals surface area contributed by atoms with Crippen LogP contribution in [0.5, 0.6) is 0 Å². The van der Waals surface area contributed by atoms with Crippen LogP contribution in [-0.4, -0.2) is 39.8 Å². The molecule has 1 atom stereocenters. The normalized spacial score (nSPS) is 25.5. The molecule has 3 rings (SSSR count). The fourth-order valence-corrected chi connectivity index (χ4v) is 1.70. The predicted octanol–water partition coefficient (Wildman–Crippen LogP) is -1.25. The fourth-order valence-electron chi connectivity index (χ4n) is 1.70. The van der Waals surface area contributed by atoms with Gasteiger partial charge in [0.05, 0.1) is 12.6 Å². The number of nitrogens with one attached hydrogen (secondary N) is 2. The van der Waals surface area contributed by atoms with Gasteiger partial charge in [0, 0.05) is 13.0 Å². The number of aliphatic imine (C=N–C) groups is 1. The minimum atomic E-state index is 0.297. The van der Waals surface area contributed by atoms with Crippen molar-refractivity contribution in [2.24, 2.45) is 4.99 Å². The molecule has 2 N–H and O–H groups in total. The molecule has 1 aromatic rings. The summed E-state index contributed by atoms with van der Waals surface area (Å²) in [6, 6.07) is 0.297. The van der Waals surface area contributed by atoms with Crippen molar-refractivity contribution in [2.75, 3.05) is 18.5 Å². The number of hydrogen-bond donors (Lipinski definition) is 2. The first-order valence-corrected chi connectivity index (χ1v) is 4.37. The molecule has 0 aliphatic carbocycles. The molecule has 1 aromatic heterocycles. The smallest absolute Gasteiger partial charge is 0.154 e. The molecule has 6 nitrogen and oxygen atoms in total. The largest absolute Gasteiger partial charge is 0.305 e. The lowest BCUT2D eigenvalue weighted by Gasteiger charge is -2.29. The molecule has 0 aromatic carbocycles. The van der Waals surface area contributed by atoms with Gasteiger partial charge in [-0.2, -0.15) is 0 Å². The van der Waals surface area contributed by atoms with E-state index in [4.69, 9.17) is 0 Å². The lowest BCUT2D eigenvalue weighted by Crippen LogP contribution is -2.52. The average molecular weight is 178 g/mol. The number of nitrogens with zero attached hydrogens (tertiary/aromatic N) is 4. The van der Waals surface area contributed by atoms with E-state index in [2.05, 4.69) is 25.9 Å². The van der Waals surface area contributed by atoms with E-state index in [9.17, 15) is 0 Å². The highest BCUT2D eigenvalue weighted by molar-refractivity contribution is 5.95. The Labute approximate surface area is 75.0 Å². The summed E-state index contributed by atoms with van der Waals surface area (Å²) < 4.78 is 1.82. The Kier molecular flexibility index (Phi) is 1.36. The van der Waals surface area contributed by atoms with Gasteiger partial charge in [0.25, 0.3) is 0 Å². The van der Waals surface area contributed by atoms with Gasteiger partial charge in [0.1, 0.15) is 12.2 Å². The van der Waals surface area contributed by atoms with Gasteiger partial charge < -0.3 is 5.32 Å². The van der Waals surface area contributed by atoms with Gasteiger partial charge in [-0.25, -0.2) is 4.68 Å². The van der Waals surface area contributed by atoms with Gasteiger partial charge in [-0.05, 0) is 0 Å². The third-order valence-electron chi connectivity index (χ3n) is 2.35. The van der Waals surface area contributed by atoms with Crippen LogP contribution in [0.2, 0.25) is 0 Å². The van der Waals surface area contributed by atoms with Crippen molar-refractivity contribution in [3.8, 4) is 0 Å². The van der Waals surface area contributed by atoms with Gasteiger partial charge in [-0.15, -0.1) is 10.2 Å². The van der Waals surface area contributed by atoms with Crippen molar-refractivity contribution in [3.05, 3.63) is 12.2 Å². The zero-order chi connectivity index (χ0) is 8.67. The molecule has 3 heterocycles. The van der Waals surface area contributed by atoms with E-state index in [1.54, 1.807) is 6.33 Å². The molecule has 0 saturated carbocycles. The van der Waals surface area contributed by atoms with Crippen LogP contribution in [0.15, 0.2) is 11.3 Å². The van der Waals surface area contributed by atoms with E-state index < -0.39 is 0 Å². The topological polar surface area (TPSA) is 67.1 Å². The van der Waals surface area contributed by atoms with Gasteiger partial charge in [0.15, 0.2) is 5.82 Å². The third kappa shape index (κ3) is 1.02. The van der Waals surface area contributed by atoms with Crippen molar-refractivity contribution < 1.29 is 0 Å². The molecular formula is C7H10N6. The van der Waals surface area contributed by atoms with Gasteiger partial charge in [0.2, 0.25) is 0 Å². The highest BCUT2D eigenvalue weighted by Crippen LogP contribution is 2.08. The number of hydrogen-bond acceptors (Lipinski definition) is 5. The first kappa shape index (κ1) is 7.02. The molecule has 0 fully saturated rings. The van der Waals surface area contributed by atoms with Crippen LogP contribution in [0.4, 0.5) is 0 Å². The second kappa shape index (κ2) is 2.53. The van der Waals surface area contributed by atoms with E-state index in [1.165, 1.54) is 0 Å². The first-order chi connectivity index (χ1) is 6.43.